The van der Waals surface area contributed by atoms with E-state index in [4.69, 9.17) is 10.5 Å². The summed E-state index contributed by atoms with van der Waals surface area (Å²) in [5.74, 6) is 1.47. The summed E-state index contributed by atoms with van der Waals surface area (Å²) in [6.45, 7) is 8.20. The van der Waals surface area contributed by atoms with Crippen LogP contribution < -0.4 is 10.5 Å². The van der Waals surface area contributed by atoms with Gasteiger partial charge in [0.05, 0.1) is 4.47 Å². The molecule has 1 heterocycles. The van der Waals surface area contributed by atoms with E-state index < -0.39 is 0 Å². The highest BCUT2D eigenvalue weighted by Crippen LogP contribution is 2.37. The maximum absolute atomic E-state index is 5.79. The first-order valence-electron chi connectivity index (χ1n) is 6.98. The molecule has 2 unspecified atom stereocenters. The molecule has 1 saturated heterocycles. The molecule has 0 amide bonds. The van der Waals surface area contributed by atoms with E-state index in [-0.39, 0.29) is 0 Å². The summed E-state index contributed by atoms with van der Waals surface area (Å²) < 4.78 is 6.71. The second-order valence-corrected chi connectivity index (χ2v) is 6.58. The van der Waals surface area contributed by atoms with Crippen LogP contribution in [0.25, 0.3) is 0 Å². The molecule has 2 atom stereocenters. The SMILES string of the molecule is C=C(C)COc1ccc(C2CC(CN)CN2C)cc1Br. The Hall–Kier alpha value is -0.840. The molecule has 20 heavy (non-hydrogen) atoms. The highest BCUT2D eigenvalue weighted by Gasteiger charge is 2.29. The number of ether oxygens (including phenoxy) is 1. The van der Waals surface area contributed by atoms with E-state index in [0.717, 1.165) is 35.3 Å². The van der Waals surface area contributed by atoms with Gasteiger partial charge in [0.25, 0.3) is 0 Å². The summed E-state index contributed by atoms with van der Waals surface area (Å²) in [4.78, 5) is 2.38. The second-order valence-electron chi connectivity index (χ2n) is 5.73. The van der Waals surface area contributed by atoms with E-state index in [9.17, 15) is 0 Å². The molecule has 4 heteroatoms. The van der Waals surface area contributed by atoms with E-state index in [0.29, 0.717) is 18.6 Å². The van der Waals surface area contributed by atoms with E-state index in [1.54, 1.807) is 0 Å². The predicted octanol–water partition coefficient (Wildman–Crippen LogP) is 3.36. The Labute approximate surface area is 129 Å². The van der Waals surface area contributed by atoms with E-state index in [2.05, 4.69) is 46.6 Å². The van der Waals surface area contributed by atoms with Crippen molar-refractivity contribution in [1.29, 1.82) is 0 Å². The van der Waals surface area contributed by atoms with Crippen molar-refractivity contribution in [1.82, 2.24) is 4.90 Å². The van der Waals surface area contributed by atoms with Gasteiger partial charge in [0, 0.05) is 12.6 Å². The molecule has 1 fully saturated rings. The molecular weight excluding hydrogens is 316 g/mol. The van der Waals surface area contributed by atoms with Crippen molar-refractivity contribution >= 4 is 15.9 Å². The number of nitrogens with zero attached hydrogens (tertiary/aromatic N) is 1. The zero-order valence-corrected chi connectivity index (χ0v) is 13.8. The van der Waals surface area contributed by atoms with Crippen LogP contribution in [-0.4, -0.2) is 31.6 Å². The summed E-state index contributed by atoms with van der Waals surface area (Å²) in [6.07, 6.45) is 1.13. The fourth-order valence-corrected chi connectivity index (χ4v) is 3.22. The summed E-state index contributed by atoms with van der Waals surface area (Å²) in [5.41, 5.74) is 8.13. The normalized spacial score (nSPS) is 23.0. The van der Waals surface area contributed by atoms with Crippen molar-refractivity contribution in [2.75, 3.05) is 26.7 Å². The Bertz CT molecular complexity index is 489. The first-order chi connectivity index (χ1) is 9.51. The number of hydrogen-bond donors (Lipinski definition) is 1. The standard InChI is InChI=1S/C16H23BrN2O/c1-11(2)10-20-16-5-4-13(7-14(16)17)15-6-12(8-18)9-19(15)3/h4-5,7,12,15H,1,6,8-10,18H2,2-3H3. The number of likely N-dealkylation sites (tertiary alicyclic amines) is 1. The highest BCUT2D eigenvalue weighted by molar-refractivity contribution is 9.10. The number of benzene rings is 1. The van der Waals surface area contributed by atoms with E-state index in [1.165, 1.54) is 5.56 Å². The average molecular weight is 339 g/mol. The molecule has 1 aromatic rings. The van der Waals surface area contributed by atoms with Gasteiger partial charge in [0.15, 0.2) is 0 Å². The average Bonchev–Trinajstić information content (AvgIpc) is 2.78. The molecule has 0 radical (unpaired) electrons. The van der Waals surface area contributed by atoms with Gasteiger partial charge in [-0.1, -0.05) is 12.6 Å². The van der Waals surface area contributed by atoms with E-state index in [1.807, 2.05) is 13.0 Å². The first kappa shape index (κ1) is 15.5. The predicted molar refractivity (Wildman–Crippen MR) is 87.0 cm³/mol. The minimum Gasteiger partial charge on any atom is -0.488 e. The molecule has 1 aliphatic rings. The molecule has 2 rings (SSSR count). The third-order valence-corrected chi connectivity index (χ3v) is 4.40. The second kappa shape index (κ2) is 6.74. The van der Waals surface area contributed by atoms with Crippen molar-refractivity contribution in [2.45, 2.75) is 19.4 Å². The fourth-order valence-electron chi connectivity index (χ4n) is 2.71. The van der Waals surface area contributed by atoms with Crippen molar-refractivity contribution < 1.29 is 4.74 Å². The molecule has 2 N–H and O–H groups in total. The van der Waals surface area contributed by atoms with Gasteiger partial charge in [-0.25, -0.2) is 0 Å². The Morgan fingerprint density at radius 3 is 2.85 bits per heavy atom. The molecule has 0 spiro atoms. The van der Waals surface area contributed by atoms with Crippen molar-refractivity contribution in [2.24, 2.45) is 11.7 Å². The van der Waals surface area contributed by atoms with Crippen molar-refractivity contribution in [3.8, 4) is 5.75 Å². The topological polar surface area (TPSA) is 38.5 Å². The first-order valence-corrected chi connectivity index (χ1v) is 7.77. The lowest BCUT2D eigenvalue weighted by Crippen LogP contribution is -2.20. The van der Waals surface area contributed by atoms with Gasteiger partial charge >= 0.3 is 0 Å². The van der Waals surface area contributed by atoms with Gasteiger partial charge in [0.2, 0.25) is 0 Å². The van der Waals surface area contributed by atoms with Gasteiger partial charge in [-0.3, -0.25) is 4.90 Å². The van der Waals surface area contributed by atoms with E-state index >= 15 is 0 Å². The van der Waals surface area contributed by atoms with Gasteiger partial charge < -0.3 is 10.5 Å². The van der Waals surface area contributed by atoms with Crippen LogP contribution in [0.4, 0.5) is 0 Å². The van der Waals surface area contributed by atoms with Crippen LogP contribution in [-0.2, 0) is 0 Å². The Balaban J connectivity index is 2.10. The Kier molecular flexibility index (Phi) is 5.24. The van der Waals surface area contributed by atoms with Gasteiger partial charge in [-0.2, -0.15) is 0 Å². The lowest BCUT2D eigenvalue weighted by Gasteiger charge is -2.20. The molecule has 0 bridgehead atoms. The van der Waals surface area contributed by atoms with Crippen LogP contribution in [0.5, 0.6) is 5.75 Å². The van der Waals surface area contributed by atoms with Crippen LogP contribution >= 0.6 is 15.9 Å². The number of hydrogen-bond acceptors (Lipinski definition) is 3. The summed E-state index contributed by atoms with van der Waals surface area (Å²) in [6, 6.07) is 6.80. The summed E-state index contributed by atoms with van der Waals surface area (Å²) in [5, 5.41) is 0. The third kappa shape index (κ3) is 3.62. The highest BCUT2D eigenvalue weighted by atomic mass is 79.9. The lowest BCUT2D eigenvalue weighted by molar-refractivity contribution is 0.312. The molecule has 0 aromatic heterocycles. The molecule has 0 saturated carbocycles. The van der Waals surface area contributed by atoms with Crippen LogP contribution in [0.15, 0.2) is 34.8 Å². The van der Waals surface area contributed by atoms with Crippen molar-refractivity contribution in [3.05, 3.63) is 40.4 Å². The largest absolute Gasteiger partial charge is 0.488 e. The summed E-state index contributed by atoms with van der Waals surface area (Å²) >= 11 is 3.60. The molecular formula is C16H23BrN2O. The Morgan fingerprint density at radius 2 is 2.30 bits per heavy atom. The van der Waals surface area contributed by atoms with Crippen LogP contribution in [0.1, 0.15) is 24.9 Å². The molecule has 0 aliphatic carbocycles. The van der Waals surface area contributed by atoms with Gasteiger partial charge in [-0.15, -0.1) is 0 Å². The maximum atomic E-state index is 5.79. The maximum Gasteiger partial charge on any atom is 0.133 e. The number of nitrogens with two attached hydrogens (primary N) is 1. The summed E-state index contributed by atoms with van der Waals surface area (Å²) in [7, 11) is 2.17. The smallest absolute Gasteiger partial charge is 0.133 e. The zero-order valence-electron chi connectivity index (χ0n) is 12.2. The fraction of sp³-hybridized carbons (Fsp3) is 0.500. The number of halogens is 1. The molecule has 1 aliphatic heterocycles. The zero-order chi connectivity index (χ0) is 14.7. The Morgan fingerprint density at radius 1 is 1.55 bits per heavy atom. The quantitative estimate of drug-likeness (QED) is 0.836. The molecule has 110 valence electrons. The van der Waals surface area contributed by atoms with Crippen LogP contribution in [0.2, 0.25) is 0 Å². The third-order valence-electron chi connectivity index (χ3n) is 3.78. The van der Waals surface area contributed by atoms with Crippen molar-refractivity contribution in [3.63, 3.8) is 0 Å². The minimum absolute atomic E-state index is 0.454. The molecule has 1 aromatic carbocycles. The molecule has 3 nitrogen and oxygen atoms in total. The lowest BCUT2D eigenvalue weighted by atomic mass is 10.00. The minimum atomic E-state index is 0.454. The number of rotatable bonds is 5. The van der Waals surface area contributed by atoms with Gasteiger partial charge in [-0.05, 0) is 72.1 Å². The van der Waals surface area contributed by atoms with Gasteiger partial charge in [0.1, 0.15) is 12.4 Å². The monoisotopic (exact) mass is 338 g/mol. The van der Waals surface area contributed by atoms with Crippen LogP contribution in [0.3, 0.4) is 0 Å². The van der Waals surface area contributed by atoms with Crippen LogP contribution in [0, 0.1) is 5.92 Å².